The molecule has 0 radical (unpaired) electrons. The smallest absolute Gasteiger partial charge is 0.313 e. The van der Waals surface area contributed by atoms with Crippen LogP contribution < -0.4 is 11.1 Å². The molecule has 0 bridgehead atoms. The number of carbonyl (C=O) groups excluding carboxylic acids is 2. The maximum Gasteiger partial charge on any atom is 0.313 e. The van der Waals surface area contributed by atoms with E-state index in [0.29, 0.717) is 36.3 Å². The monoisotopic (exact) mass is 534 g/mol. The Hall–Kier alpha value is -3.04. The molecular weight excluding hydrogens is 496 g/mol. The van der Waals surface area contributed by atoms with Crippen LogP contribution in [0.5, 0.6) is 0 Å². The van der Waals surface area contributed by atoms with Gasteiger partial charge < -0.3 is 20.9 Å². The number of nitrogens with two attached hydrogens (primary N) is 1. The molecule has 3 N–H and O–H groups in total. The Morgan fingerprint density at radius 2 is 2.00 bits per heavy atom. The summed E-state index contributed by atoms with van der Waals surface area (Å²) in [6, 6.07) is 7.97. The number of rotatable bonds is 4. The van der Waals surface area contributed by atoms with Crippen LogP contribution in [0.25, 0.3) is 10.2 Å². The van der Waals surface area contributed by atoms with Crippen molar-refractivity contribution in [1.29, 1.82) is 0 Å². The summed E-state index contributed by atoms with van der Waals surface area (Å²) in [5.41, 5.74) is 9.40. The number of likely N-dealkylation sites (tertiary alicyclic amines) is 2. The molecule has 9 heteroatoms. The highest BCUT2D eigenvalue weighted by Crippen LogP contribution is 2.41. The molecule has 0 unspecified atom stereocenters. The summed E-state index contributed by atoms with van der Waals surface area (Å²) in [4.78, 5) is 39.8. The molecule has 2 aliphatic rings. The second-order valence-electron chi connectivity index (χ2n) is 11.6. The summed E-state index contributed by atoms with van der Waals surface area (Å²) in [7, 11) is 2.18. The highest BCUT2D eigenvalue weighted by molar-refractivity contribution is 7.18. The largest absolute Gasteiger partial charge is 0.383 e. The molecule has 2 aliphatic heterocycles. The van der Waals surface area contributed by atoms with Crippen molar-refractivity contribution in [2.24, 2.45) is 5.92 Å². The van der Waals surface area contributed by atoms with Gasteiger partial charge in [0.2, 0.25) is 0 Å². The van der Waals surface area contributed by atoms with Crippen LogP contribution in [0.15, 0.2) is 30.5 Å². The molecule has 2 fully saturated rings. The number of fused-ring (bicyclic) bond motifs is 1. The van der Waals surface area contributed by atoms with Crippen LogP contribution in [0.3, 0.4) is 0 Å². The Labute approximate surface area is 228 Å². The second kappa shape index (κ2) is 10.3. The van der Waals surface area contributed by atoms with Gasteiger partial charge in [0.15, 0.2) is 0 Å². The third-order valence-electron chi connectivity index (χ3n) is 8.35. The number of nitrogen functional groups attached to an aromatic ring is 1. The van der Waals surface area contributed by atoms with Crippen molar-refractivity contribution in [1.82, 2.24) is 19.8 Å². The van der Waals surface area contributed by atoms with Gasteiger partial charge in [-0.05, 0) is 81.8 Å². The number of hydrogen-bond acceptors (Lipinski definition) is 7. The molecule has 38 heavy (non-hydrogen) atoms. The molecular formula is C29H38N6O2S. The van der Waals surface area contributed by atoms with Gasteiger partial charge in [-0.15, -0.1) is 11.3 Å². The number of piperidine rings is 1. The number of aromatic nitrogens is 2. The van der Waals surface area contributed by atoms with E-state index in [9.17, 15) is 9.59 Å². The zero-order valence-corrected chi connectivity index (χ0v) is 23.8. The SMILES string of the molecule is CCc1cc(NC(=O)C(=O)N2C[C@@H](C)CC[C@@H]2c2ccc3sc([C@@H]4CN(C)C(C)(C)C4)nc3c2)cnc1N. The predicted octanol–water partition coefficient (Wildman–Crippen LogP) is 4.97. The van der Waals surface area contributed by atoms with Crippen LogP contribution in [-0.2, 0) is 16.0 Å². The van der Waals surface area contributed by atoms with Crippen LogP contribution in [0.1, 0.15) is 75.1 Å². The molecule has 0 aliphatic carbocycles. The van der Waals surface area contributed by atoms with Gasteiger partial charge in [0.25, 0.3) is 0 Å². The van der Waals surface area contributed by atoms with Crippen LogP contribution in [0.2, 0.25) is 0 Å². The van der Waals surface area contributed by atoms with E-state index in [0.717, 1.165) is 42.5 Å². The summed E-state index contributed by atoms with van der Waals surface area (Å²) in [6.07, 6.45) is 5.10. The minimum absolute atomic E-state index is 0.161. The first-order valence-corrected chi connectivity index (χ1v) is 14.3. The quantitative estimate of drug-likeness (QED) is 0.458. The summed E-state index contributed by atoms with van der Waals surface area (Å²) in [6.45, 7) is 10.2. The number of benzene rings is 1. The first kappa shape index (κ1) is 26.6. The van der Waals surface area contributed by atoms with E-state index in [4.69, 9.17) is 10.7 Å². The fourth-order valence-electron chi connectivity index (χ4n) is 5.82. The van der Waals surface area contributed by atoms with E-state index >= 15 is 0 Å². The minimum Gasteiger partial charge on any atom is -0.383 e. The number of pyridine rings is 1. The van der Waals surface area contributed by atoms with Gasteiger partial charge in [0, 0.05) is 24.5 Å². The van der Waals surface area contributed by atoms with Crippen molar-refractivity contribution in [3.8, 4) is 0 Å². The average Bonchev–Trinajstić information content (AvgIpc) is 3.43. The molecule has 0 saturated carbocycles. The molecule has 1 aromatic carbocycles. The van der Waals surface area contributed by atoms with E-state index in [1.807, 2.05) is 6.92 Å². The van der Waals surface area contributed by atoms with Crippen molar-refractivity contribution in [2.75, 3.05) is 31.2 Å². The molecule has 2 aromatic heterocycles. The Morgan fingerprint density at radius 3 is 2.71 bits per heavy atom. The number of carbonyl (C=O) groups is 2. The lowest BCUT2D eigenvalue weighted by molar-refractivity contribution is -0.146. The molecule has 202 valence electrons. The van der Waals surface area contributed by atoms with E-state index < -0.39 is 11.8 Å². The highest BCUT2D eigenvalue weighted by atomic mass is 32.1. The Morgan fingerprint density at radius 1 is 1.21 bits per heavy atom. The number of amides is 2. The van der Waals surface area contributed by atoms with E-state index in [1.54, 1.807) is 22.3 Å². The maximum atomic E-state index is 13.4. The maximum absolute atomic E-state index is 13.4. The van der Waals surface area contributed by atoms with Gasteiger partial charge in [-0.2, -0.15) is 0 Å². The lowest BCUT2D eigenvalue weighted by Crippen LogP contribution is -2.46. The standard InChI is InChI=1S/C29H38N6O2S/c1-6-18-11-21(14-31-25(18)30)32-26(36)28(37)35-15-17(2)7-9-23(35)19-8-10-24-22(12-19)33-27(38-24)20-13-29(3,4)34(5)16-20/h8,10-12,14,17,20,23H,6-7,9,13,15-16H2,1-5H3,(H2,30,31)(H,32,36)/t17-,20-,23+/m0/s1. The number of nitrogens with zero attached hydrogens (tertiary/aromatic N) is 4. The number of thiazole rings is 1. The predicted molar refractivity (Wildman–Crippen MR) is 153 cm³/mol. The normalized spacial score (nSPS) is 23.6. The van der Waals surface area contributed by atoms with Crippen LogP contribution in [-0.4, -0.2) is 57.3 Å². The van der Waals surface area contributed by atoms with Gasteiger partial charge in [0.1, 0.15) is 5.82 Å². The van der Waals surface area contributed by atoms with Crippen molar-refractivity contribution >= 4 is 44.9 Å². The minimum atomic E-state index is -0.650. The summed E-state index contributed by atoms with van der Waals surface area (Å²) < 4.78 is 1.17. The first-order valence-electron chi connectivity index (χ1n) is 13.5. The molecule has 2 amide bonds. The summed E-state index contributed by atoms with van der Waals surface area (Å²) in [5.74, 6) is 0.0230. The van der Waals surface area contributed by atoms with E-state index in [2.05, 4.69) is 61.2 Å². The molecule has 5 rings (SSSR count). The third kappa shape index (κ3) is 5.14. The fourth-order valence-corrected chi connectivity index (χ4v) is 6.86. The van der Waals surface area contributed by atoms with Gasteiger partial charge in [0.05, 0.1) is 33.2 Å². The zero-order chi connectivity index (χ0) is 27.2. The lowest BCUT2D eigenvalue weighted by Gasteiger charge is -2.38. The summed E-state index contributed by atoms with van der Waals surface area (Å²) >= 11 is 1.77. The van der Waals surface area contributed by atoms with Crippen molar-refractivity contribution in [2.45, 2.75) is 70.9 Å². The molecule has 2 saturated heterocycles. The van der Waals surface area contributed by atoms with Crippen molar-refractivity contribution in [3.05, 3.63) is 46.6 Å². The van der Waals surface area contributed by atoms with Gasteiger partial charge in [-0.25, -0.2) is 9.97 Å². The van der Waals surface area contributed by atoms with Crippen molar-refractivity contribution < 1.29 is 9.59 Å². The molecule has 4 heterocycles. The van der Waals surface area contributed by atoms with Crippen LogP contribution in [0, 0.1) is 5.92 Å². The number of anilines is 2. The number of hydrogen-bond donors (Lipinski definition) is 2. The van der Waals surface area contributed by atoms with Gasteiger partial charge in [-0.1, -0.05) is 19.9 Å². The number of likely N-dealkylation sites (N-methyl/N-ethyl adjacent to an activating group) is 1. The Bertz CT molecular complexity index is 1370. The molecule has 3 aromatic rings. The summed E-state index contributed by atoms with van der Waals surface area (Å²) in [5, 5.41) is 3.92. The molecule has 0 spiro atoms. The van der Waals surface area contributed by atoms with E-state index in [1.165, 1.54) is 15.9 Å². The Balaban J connectivity index is 1.37. The number of aryl methyl sites for hydroxylation is 1. The first-order chi connectivity index (χ1) is 18.1. The second-order valence-corrected chi connectivity index (χ2v) is 12.7. The van der Waals surface area contributed by atoms with Gasteiger partial charge >= 0.3 is 11.8 Å². The third-order valence-corrected chi connectivity index (χ3v) is 9.55. The van der Waals surface area contributed by atoms with Crippen LogP contribution in [0.4, 0.5) is 11.5 Å². The molecule has 8 nitrogen and oxygen atoms in total. The van der Waals surface area contributed by atoms with Gasteiger partial charge in [-0.3, -0.25) is 9.59 Å². The Kier molecular flexibility index (Phi) is 7.17. The lowest BCUT2D eigenvalue weighted by atomic mass is 9.89. The van der Waals surface area contributed by atoms with E-state index in [-0.39, 0.29) is 11.6 Å². The average molecular weight is 535 g/mol. The highest BCUT2D eigenvalue weighted by Gasteiger charge is 2.38. The topological polar surface area (TPSA) is 104 Å². The van der Waals surface area contributed by atoms with Crippen molar-refractivity contribution in [3.63, 3.8) is 0 Å². The van der Waals surface area contributed by atoms with Crippen LogP contribution >= 0.6 is 11.3 Å². The number of nitrogens with one attached hydrogen (secondary N) is 1. The zero-order valence-electron chi connectivity index (χ0n) is 23.0. The fraction of sp³-hybridized carbons (Fsp3) is 0.517. The molecule has 3 atom stereocenters.